The van der Waals surface area contributed by atoms with E-state index in [4.69, 9.17) is 14.6 Å². The summed E-state index contributed by atoms with van der Waals surface area (Å²) in [6, 6.07) is 10.5. The van der Waals surface area contributed by atoms with Crippen LogP contribution in [0.3, 0.4) is 0 Å². The van der Waals surface area contributed by atoms with Crippen LogP contribution in [0.4, 0.5) is 4.39 Å². The summed E-state index contributed by atoms with van der Waals surface area (Å²) in [5, 5.41) is 29.5. The van der Waals surface area contributed by atoms with E-state index in [2.05, 4.69) is 15.0 Å². The van der Waals surface area contributed by atoms with Gasteiger partial charge in [0, 0.05) is 27.5 Å². The summed E-state index contributed by atoms with van der Waals surface area (Å²) >= 11 is 2.03. The van der Waals surface area contributed by atoms with Gasteiger partial charge in [0.1, 0.15) is 41.8 Å². The standard InChI is InChI=1S/C26H28FIN4O6/c1-13-21(19-9-6-16(28)10-20(19)27)30-24(29-13)23(14(2)37-3)32-25(35)22(31-26(32)36)15-4-7-18(8-5-15)38-12-17(34)11-33/h4-10,14,17,23,33-35H,11-12H2,1-3H3,(H,29,30)(H,31,36)/t14-,17-,23+/m1/s1. The smallest absolute Gasteiger partial charge is 0.329 e. The van der Waals surface area contributed by atoms with Crippen LogP contribution in [0.2, 0.25) is 0 Å². The average Bonchev–Trinajstić information content (AvgIpc) is 3.42. The second-order valence-corrected chi connectivity index (χ2v) is 10.0. The minimum Gasteiger partial charge on any atom is -0.493 e. The van der Waals surface area contributed by atoms with E-state index in [1.165, 1.54) is 13.2 Å². The number of nitrogens with one attached hydrogen (secondary N) is 2. The molecule has 0 fully saturated rings. The van der Waals surface area contributed by atoms with Crippen LogP contribution in [0.1, 0.15) is 24.5 Å². The Bertz CT molecular complexity index is 1470. The van der Waals surface area contributed by atoms with Crippen molar-refractivity contribution in [2.24, 2.45) is 0 Å². The summed E-state index contributed by atoms with van der Waals surface area (Å²) < 4.78 is 27.6. The highest BCUT2D eigenvalue weighted by Gasteiger charge is 2.31. The molecule has 38 heavy (non-hydrogen) atoms. The summed E-state index contributed by atoms with van der Waals surface area (Å²) in [5.74, 6) is 0.00899. The molecule has 2 aromatic heterocycles. The molecule has 3 atom stereocenters. The fourth-order valence-electron chi connectivity index (χ4n) is 4.11. The number of benzene rings is 2. The van der Waals surface area contributed by atoms with Gasteiger partial charge in [0.25, 0.3) is 0 Å². The summed E-state index contributed by atoms with van der Waals surface area (Å²) in [6.07, 6.45) is -1.60. The first-order valence-electron chi connectivity index (χ1n) is 11.7. The number of halogens is 2. The maximum Gasteiger partial charge on any atom is 0.329 e. The monoisotopic (exact) mass is 638 g/mol. The molecule has 4 aromatic rings. The van der Waals surface area contributed by atoms with Crippen LogP contribution in [0.5, 0.6) is 11.6 Å². The number of hydrogen-bond donors (Lipinski definition) is 5. The van der Waals surface area contributed by atoms with Crippen LogP contribution in [0, 0.1) is 16.3 Å². The quantitative estimate of drug-likeness (QED) is 0.168. The Balaban J connectivity index is 1.72. The highest BCUT2D eigenvalue weighted by atomic mass is 127. The number of aromatic nitrogens is 4. The predicted molar refractivity (Wildman–Crippen MR) is 147 cm³/mol. The fourth-order valence-corrected chi connectivity index (χ4v) is 4.57. The van der Waals surface area contributed by atoms with Crippen LogP contribution < -0.4 is 10.4 Å². The molecule has 0 aliphatic rings. The number of aliphatic hydroxyl groups excluding tert-OH is 2. The highest BCUT2D eigenvalue weighted by molar-refractivity contribution is 14.1. The summed E-state index contributed by atoms with van der Waals surface area (Å²) in [5.41, 5.74) is 1.40. The summed E-state index contributed by atoms with van der Waals surface area (Å²) in [6.45, 7) is 2.99. The number of aromatic amines is 2. The van der Waals surface area contributed by atoms with E-state index in [1.54, 1.807) is 50.2 Å². The third-order valence-electron chi connectivity index (χ3n) is 6.16. The van der Waals surface area contributed by atoms with Gasteiger partial charge in [-0.3, -0.25) is 0 Å². The van der Waals surface area contributed by atoms with Crippen molar-refractivity contribution in [3.8, 4) is 34.1 Å². The van der Waals surface area contributed by atoms with E-state index >= 15 is 0 Å². The minimum absolute atomic E-state index is 0.0818. The number of H-pyrrole nitrogens is 2. The number of imidazole rings is 2. The second-order valence-electron chi connectivity index (χ2n) is 8.78. The molecule has 12 heteroatoms. The zero-order chi connectivity index (χ0) is 27.6. The van der Waals surface area contributed by atoms with E-state index in [9.17, 15) is 19.4 Å². The SMILES string of the molecule is CO[C@H](C)[C@@H](c1nc(-c2ccc(I)cc2F)c(C)[nH]1)n1c(O)c(-c2ccc(OC[C@H](O)CO)cc2)[nH]c1=O. The third kappa shape index (κ3) is 5.62. The molecule has 0 aliphatic carbocycles. The lowest BCUT2D eigenvalue weighted by Gasteiger charge is -2.22. The lowest BCUT2D eigenvalue weighted by molar-refractivity contribution is 0.0536. The molecule has 2 aromatic carbocycles. The van der Waals surface area contributed by atoms with Crippen LogP contribution in [-0.4, -0.2) is 67.4 Å². The molecule has 0 unspecified atom stereocenters. The largest absolute Gasteiger partial charge is 0.493 e. The zero-order valence-electron chi connectivity index (χ0n) is 20.9. The Kier molecular flexibility index (Phi) is 8.55. The van der Waals surface area contributed by atoms with Crippen molar-refractivity contribution >= 4 is 22.6 Å². The lowest BCUT2D eigenvalue weighted by atomic mass is 10.1. The summed E-state index contributed by atoms with van der Waals surface area (Å²) in [7, 11) is 1.48. The lowest BCUT2D eigenvalue weighted by Crippen LogP contribution is -2.32. The fraction of sp³-hybridized carbons (Fsp3) is 0.308. The molecule has 10 nitrogen and oxygen atoms in total. The molecule has 0 spiro atoms. The van der Waals surface area contributed by atoms with Gasteiger partial charge in [0.15, 0.2) is 0 Å². The van der Waals surface area contributed by atoms with Crippen LogP contribution in [0.25, 0.3) is 22.5 Å². The number of nitrogens with zero attached hydrogens (tertiary/aromatic N) is 2. The Morgan fingerprint density at radius 1 is 1.18 bits per heavy atom. The van der Waals surface area contributed by atoms with Gasteiger partial charge in [-0.2, -0.15) is 0 Å². The van der Waals surface area contributed by atoms with Gasteiger partial charge in [0.2, 0.25) is 5.88 Å². The average molecular weight is 638 g/mol. The first-order valence-corrected chi connectivity index (χ1v) is 12.8. The second kappa shape index (κ2) is 11.7. The first kappa shape index (κ1) is 27.8. The van der Waals surface area contributed by atoms with E-state index in [1.807, 2.05) is 22.6 Å². The van der Waals surface area contributed by atoms with Crippen molar-refractivity contribution in [2.75, 3.05) is 20.3 Å². The maximum absolute atomic E-state index is 14.7. The van der Waals surface area contributed by atoms with Crippen molar-refractivity contribution in [1.29, 1.82) is 0 Å². The van der Waals surface area contributed by atoms with Crippen molar-refractivity contribution < 1.29 is 29.2 Å². The number of aliphatic hydroxyl groups is 2. The highest BCUT2D eigenvalue weighted by Crippen LogP contribution is 2.34. The maximum atomic E-state index is 14.7. The molecule has 0 amide bonds. The number of rotatable bonds is 10. The molecule has 0 aliphatic heterocycles. The predicted octanol–water partition coefficient (Wildman–Crippen LogP) is 3.35. The van der Waals surface area contributed by atoms with Crippen molar-refractivity contribution in [1.82, 2.24) is 19.5 Å². The molecule has 4 rings (SSSR count). The summed E-state index contributed by atoms with van der Waals surface area (Å²) in [4.78, 5) is 23.6. The van der Waals surface area contributed by atoms with E-state index in [0.29, 0.717) is 34.1 Å². The van der Waals surface area contributed by atoms with Crippen molar-refractivity contribution in [3.63, 3.8) is 0 Å². The van der Waals surface area contributed by atoms with Crippen LogP contribution in [0.15, 0.2) is 47.3 Å². The van der Waals surface area contributed by atoms with Crippen molar-refractivity contribution in [3.05, 3.63) is 73.9 Å². The number of aromatic hydroxyl groups is 1. The van der Waals surface area contributed by atoms with Gasteiger partial charge in [-0.1, -0.05) is 0 Å². The normalized spacial score (nSPS) is 13.9. The Labute approximate surface area is 231 Å². The molecule has 0 saturated carbocycles. The van der Waals surface area contributed by atoms with E-state index < -0.39 is 36.4 Å². The topological polar surface area (TPSA) is 146 Å². The molecule has 202 valence electrons. The van der Waals surface area contributed by atoms with Crippen LogP contribution >= 0.6 is 22.6 Å². The number of hydrogen-bond acceptors (Lipinski definition) is 7. The van der Waals surface area contributed by atoms with Gasteiger partial charge >= 0.3 is 5.69 Å². The third-order valence-corrected chi connectivity index (χ3v) is 6.83. The Morgan fingerprint density at radius 3 is 2.53 bits per heavy atom. The minimum atomic E-state index is -1.00. The van der Waals surface area contributed by atoms with Crippen molar-refractivity contribution in [2.45, 2.75) is 32.1 Å². The Hall–Kier alpha value is -3.20. The number of aryl methyl sites for hydroxylation is 1. The van der Waals surface area contributed by atoms with Gasteiger partial charge in [-0.05, 0) is 78.9 Å². The van der Waals surface area contributed by atoms with Gasteiger partial charge in [-0.15, -0.1) is 0 Å². The molecule has 0 saturated heterocycles. The Morgan fingerprint density at radius 2 is 1.89 bits per heavy atom. The van der Waals surface area contributed by atoms with Gasteiger partial charge in [-0.25, -0.2) is 18.7 Å². The van der Waals surface area contributed by atoms with Crippen LogP contribution in [-0.2, 0) is 4.74 Å². The van der Waals surface area contributed by atoms with Gasteiger partial charge < -0.3 is 34.8 Å². The van der Waals surface area contributed by atoms with Gasteiger partial charge in [0.05, 0.1) is 18.4 Å². The number of methoxy groups -OCH3 is 1. The zero-order valence-corrected chi connectivity index (χ0v) is 23.1. The molecular formula is C26H28FIN4O6. The first-order chi connectivity index (χ1) is 18.1. The molecule has 0 radical (unpaired) electrons. The van der Waals surface area contributed by atoms with E-state index in [-0.39, 0.29) is 18.2 Å². The number of ether oxygens (including phenoxy) is 2. The molecule has 5 N–H and O–H groups in total. The molecule has 2 heterocycles. The molecule has 0 bridgehead atoms. The van der Waals surface area contributed by atoms with E-state index in [0.717, 1.165) is 8.14 Å². The molecular weight excluding hydrogens is 610 g/mol.